The van der Waals surface area contributed by atoms with Crippen LogP contribution in [0.4, 0.5) is 0 Å². The van der Waals surface area contributed by atoms with Crippen LogP contribution in [0.2, 0.25) is 0 Å². The van der Waals surface area contributed by atoms with Crippen LogP contribution in [0.1, 0.15) is 43.8 Å². The number of aromatic amines is 1. The van der Waals surface area contributed by atoms with Gasteiger partial charge in [0, 0.05) is 31.1 Å². The SMILES string of the molecule is CC1(c2n[nH]c(C3CCNC3)n2)CCOCC1. The van der Waals surface area contributed by atoms with E-state index in [1.54, 1.807) is 0 Å². The van der Waals surface area contributed by atoms with E-state index in [9.17, 15) is 0 Å². The van der Waals surface area contributed by atoms with E-state index in [1.165, 1.54) is 0 Å². The van der Waals surface area contributed by atoms with Crippen LogP contribution in [-0.4, -0.2) is 41.5 Å². The number of hydrogen-bond donors (Lipinski definition) is 2. The van der Waals surface area contributed by atoms with Gasteiger partial charge in [0.2, 0.25) is 0 Å². The molecule has 0 aromatic carbocycles. The molecule has 17 heavy (non-hydrogen) atoms. The van der Waals surface area contributed by atoms with Crippen LogP contribution < -0.4 is 5.32 Å². The van der Waals surface area contributed by atoms with Gasteiger partial charge in [0.15, 0.2) is 5.82 Å². The van der Waals surface area contributed by atoms with Crippen molar-refractivity contribution in [3.05, 3.63) is 11.6 Å². The lowest BCUT2D eigenvalue weighted by Gasteiger charge is -2.30. The van der Waals surface area contributed by atoms with E-state index >= 15 is 0 Å². The molecule has 3 heterocycles. The van der Waals surface area contributed by atoms with Gasteiger partial charge in [-0.25, -0.2) is 4.98 Å². The fourth-order valence-electron chi connectivity index (χ4n) is 2.66. The number of aromatic nitrogens is 3. The number of hydrogen-bond acceptors (Lipinski definition) is 4. The van der Waals surface area contributed by atoms with Crippen LogP contribution in [0.3, 0.4) is 0 Å². The predicted molar refractivity (Wildman–Crippen MR) is 64.0 cm³/mol. The molecule has 0 bridgehead atoms. The third-order valence-corrected chi connectivity index (χ3v) is 4.09. The number of nitrogens with one attached hydrogen (secondary N) is 2. The average molecular weight is 236 g/mol. The van der Waals surface area contributed by atoms with E-state index in [4.69, 9.17) is 9.72 Å². The Hall–Kier alpha value is -0.940. The third-order valence-electron chi connectivity index (χ3n) is 4.09. The van der Waals surface area contributed by atoms with Crippen molar-refractivity contribution in [2.45, 2.75) is 37.5 Å². The summed E-state index contributed by atoms with van der Waals surface area (Å²) in [5.41, 5.74) is 0.0963. The molecule has 0 radical (unpaired) electrons. The normalized spacial score (nSPS) is 28.4. The van der Waals surface area contributed by atoms with E-state index in [0.29, 0.717) is 5.92 Å². The highest BCUT2D eigenvalue weighted by Gasteiger charge is 2.34. The largest absolute Gasteiger partial charge is 0.381 e. The van der Waals surface area contributed by atoms with Crippen molar-refractivity contribution in [1.82, 2.24) is 20.5 Å². The Morgan fingerprint density at radius 3 is 2.88 bits per heavy atom. The molecule has 1 unspecified atom stereocenters. The van der Waals surface area contributed by atoms with Gasteiger partial charge in [0.1, 0.15) is 5.82 Å². The first-order valence-electron chi connectivity index (χ1n) is 6.49. The maximum Gasteiger partial charge on any atom is 0.156 e. The topological polar surface area (TPSA) is 62.8 Å². The summed E-state index contributed by atoms with van der Waals surface area (Å²) >= 11 is 0. The quantitative estimate of drug-likeness (QED) is 0.802. The summed E-state index contributed by atoms with van der Waals surface area (Å²) in [6, 6.07) is 0. The van der Waals surface area contributed by atoms with Gasteiger partial charge in [-0.3, -0.25) is 5.10 Å². The van der Waals surface area contributed by atoms with Crippen molar-refractivity contribution in [2.75, 3.05) is 26.3 Å². The van der Waals surface area contributed by atoms with Crippen LogP contribution in [0.5, 0.6) is 0 Å². The van der Waals surface area contributed by atoms with E-state index in [0.717, 1.165) is 57.2 Å². The number of nitrogens with zero attached hydrogens (tertiary/aromatic N) is 2. The second kappa shape index (κ2) is 4.38. The Kier molecular flexibility index (Phi) is 2.88. The monoisotopic (exact) mass is 236 g/mol. The summed E-state index contributed by atoms with van der Waals surface area (Å²) in [7, 11) is 0. The average Bonchev–Trinajstić information content (AvgIpc) is 3.01. The summed E-state index contributed by atoms with van der Waals surface area (Å²) in [5, 5.41) is 10.9. The lowest BCUT2D eigenvalue weighted by Crippen LogP contribution is -2.31. The molecule has 5 heteroatoms. The van der Waals surface area contributed by atoms with Crippen molar-refractivity contribution in [2.24, 2.45) is 0 Å². The van der Waals surface area contributed by atoms with Gasteiger partial charge in [0.05, 0.1) is 0 Å². The first kappa shape index (κ1) is 11.2. The molecule has 5 nitrogen and oxygen atoms in total. The highest BCUT2D eigenvalue weighted by atomic mass is 16.5. The van der Waals surface area contributed by atoms with Crippen LogP contribution in [0.25, 0.3) is 0 Å². The molecule has 0 saturated carbocycles. The van der Waals surface area contributed by atoms with E-state index < -0.39 is 0 Å². The molecule has 1 aromatic heterocycles. The smallest absolute Gasteiger partial charge is 0.156 e. The first-order chi connectivity index (χ1) is 8.28. The Morgan fingerprint density at radius 2 is 2.18 bits per heavy atom. The first-order valence-corrected chi connectivity index (χ1v) is 6.49. The molecule has 2 N–H and O–H groups in total. The van der Waals surface area contributed by atoms with Crippen LogP contribution in [0.15, 0.2) is 0 Å². The van der Waals surface area contributed by atoms with Gasteiger partial charge in [0.25, 0.3) is 0 Å². The minimum absolute atomic E-state index is 0.0963. The summed E-state index contributed by atoms with van der Waals surface area (Å²) < 4.78 is 5.42. The minimum Gasteiger partial charge on any atom is -0.381 e. The highest BCUT2D eigenvalue weighted by molar-refractivity contribution is 5.10. The molecule has 1 atom stereocenters. The molecule has 94 valence electrons. The molecular weight excluding hydrogens is 216 g/mol. The lowest BCUT2D eigenvalue weighted by molar-refractivity contribution is 0.0536. The molecule has 1 aromatic rings. The van der Waals surface area contributed by atoms with Gasteiger partial charge in [-0.15, -0.1) is 0 Å². The standard InChI is InChI=1S/C12H20N4O/c1-12(3-6-17-7-4-12)11-14-10(15-16-11)9-2-5-13-8-9/h9,13H,2-8H2,1H3,(H,14,15,16). The number of H-pyrrole nitrogens is 1. The van der Waals surface area contributed by atoms with Crippen molar-refractivity contribution in [1.29, 1.82) is 0 Å². The van der Waals surface area contributed by atoms with Crippen molar-refractivity contribution >= 4 is 0 Å². The maximum atomic E-state index is 5.42. The Balaban J connectivity index is 1.78. The maximum absolute atomic E-state index is 5.42. The Bertz CT molecular complexity index is 378. The van der Waals surface area contributed by atoms with Crippen molar-refractivity contribution in [3.8, 4) is 0 Å². The fraction of sp³-hybridized carbons (Fsp3) is 0.833. The predicted octanol–water partition coefficient (Wildman–Crippen LogP) is 0.950. The zero-order valence-corrected chi connectivity index (χ0v) is 10.3. The lowest BCUT2D eigenvalue weighted by atomic mass is 9.82. The van der Waals surface area contributed by atoms with Crippen molar-refractivity contribution < 1.29 is 4.74 Å². The fourth-order valence-corrected chi connectivity index (χ4v) is 2.66. The summed E-state index contributed by atoms with van der Waals surface area (Å²) in [4.78, 5) is 4.73. The molecule has 2 saturated heterocycles. The van der Waals surface area contributed by atoms with Gasteiger partial charge >= 0.3 is 0 Å². The van der Waals surface area contributed by atoms with E-state index in [-0.39, 0.29) is 5.41 Å². The Labute approximate surface area is 101 Å². The third kappa shape index (κ3) is 2.09. The van der Waals surface area contributed by atoms with Gasteiger partial charge < -0.3 is 10.1 Å². The second-order valence-electron chi connectivity index (χ2n) is 5.41. The number of rotatable bonds is 2. The zero-order valence-electron chi connectivity index (χ0n) is 10.3. The van der Waals surface area contributed by atoms with Crippen LogP contribution in [-0.2, 0) is 10.2 Å². The van der Waals surface area contributed by atoms with Gasteiger partial charge in [-0.1, -0.05) is 6.92 Å². The van der Waals surface area contributed by atoms with E-state index in [1.807, 2.05) is 0 Å². The molecule has 2 fully saturated rings. The van der Waals surface area contributed by atoms with E-state index in [2.05, 4.69) is 22.4 Å². The zero-order chi connectivity index (χ0) is 11.7. The summed E-state index contributed by atoms with van der Waals surface area (Å²) in [6.07, 6.45) is 3.20. The number of ether oxygens (including phenoxy) is 1. The van der Waals surface area contributed by atoms with Crippen LogP contribution >= 0.6 is 0 Å². The summed E-state index contributed by atoms with van der Waals surface area (Å²) in [6.45, 7) is 6.01. The molecule has 2 aliphatic heterocycles. The highest BCUT2D eigenvalue weighted by Crippen LogP contribution is 2.32. The van der Waals surface area contributed by atoms with Gasteiger partial charge in [-0.2, -0.15) is 5.10 Å². The molecule has 0 amide bonds. The van der Waals surface area contributed by atoms with Crippen molar-refractivity contribution in [3.63, 3.8) is 0 Å². The van der Waals surface area contributed by atoms with Gasteiger partial charge in [-0.05, 0) is 25.8 Å². The Morgan fingerprint density at radius 1 is 1.35 bits per heavy atom. The molecule has 2 aliphatic rings. The molecule has 3 rings (SSSR count). The minimum atomic E-state index is 0.0963. The molecule has 0 aliphatic carbocycles. The molecule has 0 spiro atoms. The summed E-state index contributed by atoms with van der Waals surface area (Å²) in [5.74, 6) is 2.54. The second-order valence-corrected chi connectivity index (χ2v) is 5.41. The molecular formula is C12H20N4O. The van der Waals surface area contributed by atoms with Crippen LogP contribution in [0, 0.1) is 0 Å².